The Bertz CT molecular complexity index is 905. The Hall–Kier alpha value is -0.990. The lowest BCUT2D eigenvalue weighted by Crippen LogP contribution is -2.57. The van der Waals surface area contributed by atoms with E-state index in [-0.39, 0.29) is 35.3 Å². The zero-order valence-corrected chi connectivity index (χ0v) is 21.8. The fraction of sp³-hybridized carbons (Fsp3) is 0.923. The van der Waals surface area contributed by atoms with Crippen molar-refractivity contribution >= 4 is 21.8 Å². The minimum Gasteiger partial charge on any atom is -0.393 e. The average molecular weight is 498 g/mol. The second-order valence-corrected chi connectivity index (χ2v) is 14.0. The van der Waals surface area contributed by atoms with E-state index in [0.29, 0.717) is 48.2 Å². The first-order valence-electron chi connectivity index (χ1n) is 13.3. The number of fused-ring (bicyclic) bond motifs is 5. The van der Waals surface area contributed by atoms with Crippen LogP contribution in [0, 0.1) is 46.3 Å². The van der Waals surface area contributed by atoms with Gasteiger partial charge in [-0.15, -0.1) is 0 Å². The van der Waals surface area contributed by atoms with Gasteiger partial charge in [-0.05, 0) is 91.8 Å². The predicted octanol–water partition coefficient (Wildman–Crippen LogP) is 3.61. The SMILES string of the molecule is C[C@H](CCC(=O)NCCS(=O)(=O)O)[C@H]1CCC2C3C(=O)CC4CC(O)CC[C@]4(C)C3CC[C@@]21C. The molecule has 0 aromatic heterocycles. The van der Waals surface area contributed by atoms with Gasteiger partial charge in [-0.3, -0.25) is 14.1 Å². The summed E-state index contributed by atoms with van der Waals surface area (Å²) in [5.41, 5.74) is 0.290. The molecule has 4 aliphatic rings. The highest BCUT2D eigenvalue weighted by Crippen LogP contribution is 2.67. The summed E-state index contributed by atoms with van der Waals surface area (Å²) in [5.74, 6) is 1.95. The van der Waals surface area contributed by atoms with E-state index in [0.717, 1.165) is 51.4 Å². The molecule has 9 atom stereocenters. The van der Waals surface area contributed by atoms with Gasteiger partial charge in [-0.1, -0.05) is 20.8 Å². The molecule has 194 valence electrons. The molecule has 4 aliphatic carbocycles. The maximum Gasteiger partial charge on any atom is 0.266 e. The lowest BCUT2D eigenvalue weighted by molar-refractivity contribution is -0.160. The number of hydrogen-bond donors (Lipinski definition) is 3. The van der Waals surface area contributed by atoms with E-state index in [1.165, 1.54) is 0 Å². The molecule has 4 saturated carbocycles. The maximum absolute atomic E-state index is 13.5. The molecule has 3 N–H and O–H groups in total. The van der Waals surface area contributed by atoms with Crippen LogP contribution < -0.4 is 5.32 Å². The van der Waals surface area contributed by atoms with Crippen molar-refractivity contribution in [2.24, 2.45) is 46.3 Å². The molecule has 0 radical (unpaired) electrons. The van der Waals surface area contributed by atoms with E-state index < -0.39 is 15.9 Å². The topological polar surface area (TPSA) is 121 Å². The van der Waals surface area contributed by atoms with Crippen LogP contribution in [0.5, 0.6) is 0 Å². The minimum absolute atomic E-state index is 0.0722. The second kappa shape index (κ2) is 9.47. The van der Waals surface area contributed by atoms with Gasteiger partial charge in [0, 0.05) is 25.3 Å². The molecule has 0 spiro atoms. The van der Waals surface area contributed by atoms with E-state index in [1.54, 1.807) is 0 Å². The standard InChI is InChI=1S/C26H43NO6S/c1-16(4-7-23(30)27-12-13-34(31,32)33)19-5-6-20-24-21(9-11-26(19,20)3)25(2)10-8-18(28)14-17(25)15-22(24)29/h16-21,24,28H,4-15H2,1-3H3,(H,27,30)(H,31,32,33)/t16-,17?,18?,19-,20?,21?,24?,25+,26-/m1/s1. The highest BCUT2D eigenvalue weighted by atomic mass is 32.2. The molecule has 4 rings (SSSR count). The molecule has 1 amide bonds. The number of carbonyl (C=O) groups excluding carboxylic acids is 2. The third kappa shape index (κ3) is 4.83. The Morgan fingerprint density at radius 1 is 1.12 bits per heavy atom. The Balaban J connectivity index is 1.39. The molecule has 8 heteroatoms. The molecular weight excluding hydrogens is 454 g/mol. The van der Waals surface area contributed by atoms with Gasteiger partial charge in [0.1, 0.15) is 5.78 Å². The largest absolute Gasteiger partial charge is 0.393 e. The third-order valence-electron chi connectivity index (χ3n) is 10.7. The number of hydrogen-bond acceptors (Lipinski definition) is 5. The highest BCUT2D eigenvalue weighted by molar-refractivity contribution is 7.85. The molecular formula is C26H43NO6S. The predicted molar refractivity (Wildman–Crippen MR) is 129 cm³/mol. The lowest BCUT2D eigenvalue weighted by Gasteiger charge is -2.60. The summed E-state index contributed by atoms with van der Waals surface area (Å²) in [4.78, 5) is 25.7. The normalized spacial score (nSPS) is 42.9. The van der Waals surface area contributed by atoms with Crippen LogP contribution in [0.2, 0.25) is 0 Å². The van der Waals surface area contributed by atoms with Gasteiger partial charge in [0.2, 0.25) is 5.91 Å². The van der Waals surface area contributed by atoms with Crippen LogP contribution in [-0.4, -0.2) is 48.2 Å². The van der Waals surface area contributed by atoms with Crippen molar-refractivity contribution in [3.05, 3.63) is 0 Å². The zero-order valence-electron chi connectivity index (χ0n) is 21.0. The first-order chi connectivity index (χ1) is 15.8. The van der Waals surface area contributed by atoms with Crippen molar-refractivity contribution in [1.29, 1.82) is 0 Å². The van der Waals surface area contributed by atoms with E-state index >= 15 is 0 Å². The van der Waals surface area contributed by atoms with Crippen molar-refractivity contribution in [1.82, 2.24) is 5.32 Å². The lowest BCUT2D eigenvalue weighted by atomic mass is 9.44. The van der Waals surface area contributed by atoms with Crippen LogP contribution in [0.25, 0.3) is 0 Å². The summed E-state index contributed by atoms with van der Waals surface area (Å²) >= 11 is 0. The second-order valence-electron chi connectivity index (χ2n) is 12.4. The van der Waals surface area contributed by atoms with Crippen LogP contribution in [0.15, 0.2) is 0 Å². The number of nitrogens with one attached hydrogen (secondary N) is 1. The number of aliphatic hydroxyl groups is 1. The molecule has 0 saturated heterocycles. The van der Waals surface area contributed by atoms with Crippen LogP contribution in [0.3, 0.4) is 0 Å². The van der Waals surface area contributed by atoms with E-state index in [4.69, 9.17) is 4.55 Å². The number of Topliss-reactive ketones (excluding diaryl/α,β-unsaturated/α-hetero) is 1. The number of ketones is 1. The van der Waals surface area contributed by atoms with E-state index in [9.17, 15) is 23.1 Å². The molecule has 0 heterocycles. The fourth-order valence-electron chi connectivity index (χ4n) is 8.85. The van der Waals surface area contributed by atoms with E-state index in [1.807, 2.05) is 0 Å². The summed E-state index contributed by atoms with van der Waals surface area (Å²) in [6, 6.07) is 0. The van der Waals surface area contributed by atoms with Gasteiger partial charge < -0.3 is 10.4 Å². The van der Waals surface area contributed by atoms with Crippen molar-refractivity contribution in [2.75, 3.05) is 12.3 Å². The van der Waals surface area contributed by atoms with Crippen molar-refractivity contribution in [2.45, 2.75) is 91.1 Å². The van der Waals surface area contributed by atoms with Crippen LogP contribution in [-0.2, 0) is 19.7 Å². The van der Waals surface area contributed by atoms with Crippen molar-refractivity contribution in [3.63, 3.8) is 0 Å². The highest BCUT2D eigenvalue weighted by Gasteiger charge is 2.63. The van der Waals surface area contributed by atoms with Gasteiger partial charge in [-0.25, -0.2) is 0 Å². The Kier molecular flexibility index (Phi) is 7.27. The van der Waals surface area contributed by atoms with Crippen molar-refractivity contribution < 1.29 is 27.7 Å². The Morgan fingerprint density at radius 3 is 2.50 bits per heavy atom. The third-order valence-corrected chi connectivity index (χ3v) is 11.4. The average Bonchev–Trinajstić information content (AvgIpc) is 3.09. The number of amides is 1. The van der Waals surface area contributed by atoms with Crippen molar-refractivity contribution in [3.8, 4) is 0 Å². The van der Waals surface area contributed by atoms with Gasteiger partial charge >= 0.3 is 0 Å². The maximum atomic E-state index is 13.5. The van der Waals surface area contributed by atoms with Crippen LogP contribution in [0.1, 0.15) is 85.0 Å². The fourth-order valence-corrected chi connectivity index (χ4v) is 9.21. The molecule has 0 aliphatic heterocycles. The Labute approximate surface area is 204 Å². The summed E-state index contributed by atoms with van der Waals surface area (Å²) < 4.78 is 30.5. The number of carbonyl (C=O) groups is 2. The van der Waals surface area contributed by atoms with Gasteiger partial charge in [0.15, 0.2) is 0 Å². The molecule has 0 aromatic carbocycles. The van der Waals surface area contributed by atoms with Gasteiger partial charge in [-0.2, -0.15) is 8.42 Å². The molecule has 5 unspecified atom stereocenters. The van der Waals surface area contributed by atoms with Gasteiger partial charge in [0.25, 0.3) is 10.1 Å². The van der Waals surface area contributed by atoms with E-state index in [2.05, 4.69) is 26.1 Å². The molecule has 4 fully saturated rings. The molecule has 0 aromatic rings. The zero-order chi connectivity index (χ0) is 24.9. The first kappa shape index (κ1) is 26.1. The molecule has 0 bridgehead atoms. The summed E-state index contributed by atoms with van der Waals surface area (Å²) in [6.45, 7) is 6.93. The minimum atomic E-state index is -4.07. The summed E-state index contributed by atoms with van der Waals surface area (Å²) in [6.07, 6.45) is 8.54. The first-order valence-corrected chi connectivity index (χ1v) is 14.9. The number of aliphatic hydroxyl groups excluding tert-OH is 1. The Morgan fingerprint density at radius 2 is 1.79 bits per heavy atom. The summed E-state index contributed by atoms with van der Waals surface area (Å²) in [7, 11) is -4.07. The quantitative estimate of drug-likeness (QED) is 0.462. The smallest absolute Gasteiger partial charge is 0.266 e. The van der Waals surface area contributed by atoms with Crippen LogP contribution >= 0.6 is 0 Å². The van der Waals surface area contributed by atoms with Gasteiger partial charge in [0.05, 0.1) is 11.9 Å². The summed E-state index contributed by atoms with van der Waals surface area (Å²) in [5, 5.41) is 12.8. The molecule has 7 nitrogen and oxygen atoms in total. The van der Waals surface area contributed by atoms with Crippen LogP contribution in [0.4, 0.5) is 0 Å². The molecule has 34 heavy (non-hydrogen) atoms. The number of rotatable bonds is 7. The monoisotopic (exact) mass is 497 g/mol.